The first-order valence-corrected chi connectivity index (χ1v) is 8.04. The van der Waals surface area contributed by atoms with Crippen molar-refractivity contribution in [3.63, 3.8) is 0 Å². The number of halogens is 2. The molecule has 0 aromatic heterocycles. The number of hydrogen-bond donors (Lipinski definition) is 0. The third-order valence-electron chi connectivity index (χ3n) is 2.77. The number of rotatable bonds is 4. The molecule has 0 bridgehead atoms. The second kappa shape index (κ2) is 6.13. The highest BCUT2D eigenvalue weighted by molar-refractivity contribution is 7.87. The topological polar surface area (TPSA) is 52.6 Å². The second-order valence-electron chi connectivity index (χ2n) is 4.22. The Morgan fingerprint density at radius 1 is 1.10 bits per heavy atom. The standard InChI is InChI=1S/C14H12Cl2O4S/c1-9-8-10(19-2)6-7-13(9)21(17,18)20-12-5-3-4-11(15)14(12)16/h3-8H,1-2H3. The summed E-state index contributed by atoms with van der Waals surface area (Å²) in [5.74, 6) is 0.548. The molecule has 7 heteroatoms. The van der Waals surface area contributed by atoms with Gasteiger partial charge in [-0.3, -0.25) is 0 Å². The van der Waals surface area contributed by atoms with E-state index in [4.69, 9.17) is 32.1 Å². The molecule has 4 nitrogen and oxygen atoms in total. The van der Waals surface area contributed by atoms with Crippen LogP contribution in [-0.2, 0) is 10.1 Å². The van der Waals surface area contributed by atoms with E-state index in [0.717, 1.165) is 0 Å². The fourth-order valence-corrected chi connectivity index (χ4v) is 3.27. The average Bonchev–Trinajstić information content (AvgIpc) is 2.43. The first-order valence-electron chi connectivity index (χ1n) is 5.88. The van der Waals surface area contributed by atoms with E-state index in [9.17, 15) is 8.42 Å². The van der Waals surface area contributed by atoms with Crippen LogP contribution in [0, 0.1) is 6.92 Å². The fourth-order valence-electron chi connectivity index (χ4n) is 1.74. The molecule has 0 radical (unpaired) electrons. The normalized spacial score (nSPS) is 11.2. The van der Waals surface area contributed by atoms with E-state index >= 15 is 0 Å². The number of aryl methyl sites for hydroxylation is 1. The van der Waals surface area contributed by atoms with Crippen molar-refractivity contribution in [3.8, 4) is 11.5 Å². The van der Waals surface area contributed by atoms with Crippen LogP contribution in [0.3, 0.4) is 0 Å². The van der Waals surface area contributed by atoms with Gasteiger partial charge in [0.25, 0.3) is 0 Å². The van der Waals surface area contributed by atoms with Crippen molar-refractivity contribution < 1.29 is 17.3 Å². The summed E-state index contributed by atoms with van der Waals surface area (Å²) in [5, 5.41) is 0.268. The van der Waals surface area contributed by atoms with Gasteiger partial charge < -0.3 is 8.92 Å². The monoisotopic (exact) mass is 346 g/mol. The highest BCUT2D eigenvalue weighted by atomic mass is 35.5. The van der Waals surface area contributed by atoms with E-state index in [1.54, 1.807) is 31.2 Å². The quantitative estimate of drug-likeness (QED) is 0.782. The Balaban J connectivity index is 2.41. The van der Waals surface area contributed by atoms with Crippen molar-refractivity contribution in [2.24, 2.45) is 0 Å². The molecule has 2 rings (SSSR count). The van der Waals surface area contributed by atoms with Crippen LogP contribution in [0.2, 0.25) is 10.0 Å². The average molecular weight is 347 g/mol. The van der Waals surface area contributed by atoms with Crippen molar-refractivity contribution in [1.29, 1.82) is 0 Å². The molecular weight excluding hydrogens is 335 g/mol. The maximum Gasteiger partial charge on any atom is 0.339 e. The minimum absolute atomic E-state index is 0.0145. The van der Waals surface area contributed by atoms with Gasteiger partial charge in [0.1, 0.15) is 15.7 Å². The molecular formula is C14H12Cl2O4S. The first-order chi connectivity index (χ1) is 9.85. The summed E-state index contributed by atoms with van der Waals surface area (Å²) in [6.45, 7) is 1.65. The van der Waals surface area contributed by atoms with Gasteiger partial charge in [-0.2, -0.15) is 8.42 Å². The van der Waals surface area contributed by atoms with E-state index in [-0.39, 0.29) is 20.7 Å². The zero-order valence-corrected chi connectivity index (χ0v) is 13.6. The molecule has 0 aliphatic rings. The second-order valence-corrected chi connectivity index (χ2v) is 6.52. The van der Waals surface area contributed by atoms with E-state index in [1.165, 1.54) is 19.2 Å². The lowest BCUT2D eigenvalue weighted by molar-refractivity contribution is 0.414. The van der Waals surface area contributed by atoms with Gasteiger partial charge in [0, 0.05) is 0 Å². The first kappa shape index (κ1) is 15.9. The SMILES string of the molecule is COc1ccc(S(=O)(=O)Oc2cccc(Cl)c2Cl)c(C)c1. The van der Waals surface area contributed by atoms with E-state index in [0.29, 0.717) is 11.3 Å². The summed E-state index contributed by atoms with van der Waals surface area (Å²) in [7, 11) is -2.50. The van der Waals surface area contributed by atoms with Gasteiger partial charge in [0.2, 0.25) is 0 Å². The molecule has 0 aliphatic heterocycles. The van der Waals surface area contributed by atoms with Crippen molar-refractivity contribution in [1.82, 2.24) is 0 Å². The summed E-state index contributed by atoms with van der Waals surface area (Å²) in [6.07, 6.45) is 0. The van der Waals surface area contributed by atoms with Gasteiger partial charge in [-0.25, -0.2) is 0 Å². The van der Waals surface area contributed by atoms with Crippen LogP contribution >= 0.6 is 23.2 Å². The maximum atomic E-state index is 12.3. The summed E-state index contributed by atoms with van der Waals surface area (Å²) >= 11 is 11.8. The molecule has 0 spiro atoms. The van der Waals surface area contributed by atoms with Gasteiger partial charge >= 0.3 is 10.1 Å². The predicted octanol–water partition coefficient (Wildman–Crippen LogP) is 4.08. The molecule has 21 heavy (non-hydrogen) atoms. The highest BCUT2D eigenvalue weighted by Gasteiger charge is 2.21. The van der Waals surface area contributed by atoms with Gasteiger partial charge in [0.05, 0.1) is 12.1 Å². The van der Waals surface area contributed by atoms with Crippen LogP contribution in [0.25, 0.3) is 0 Å². The minimum atomic E-state index is -4.01. The molecule has 2 aromatic carbocycles. The van der Waals surface area contributed by atoms with Gasteiger partial charge in [0.15, 0.2) is 5.75 Å². The van der Waals surface area contributed by atoms with E-state index < -0.39 is 10.1 Å². The van der Waals surface area contributed by atoms with Crippen molar-refractivity contribution in [2.75, 3.05) is 7.11 Å². The Morgan fingerprint density at radius 2 is 1.81 bits per heavy atom. The largest absolute Gasteiger partial charge is 0.497 e. The summed E-state index contributed by atoms with van der Waals surface area (Å²) < 4.78 is 34.8. The zero-order chi connectivity index (χ0) is 15.6. The number of ether oxygens (including phenoxy) is 1. The molecule has 112 valence electrons. The van der Waals surface area contributed by atoms with Crippen LogP contribution in [0.1, 0.15) is 5.56 Å². The lowest BCUT2D eigenvalue weighted by atomic mass is 10.2. The molecule has 2 aromatic rings. The Kier molecular flexibility index (Phi) is 4.66. The predicted molar refractivity (Wildman–Crippen MR) is 82.0 cm³/mol. The minimum Gasteiger partial charge on any atom is -0.497 e. The van der Waals surface area contributed by atoms with E-state index in [2.05, 4.69) is 0 Å². The van der Waals surface area contributed by atoms with Crippen LogP contribution in [0.4, 0.5) is 0 Å². The van der Waals surface area contributed by atoms with E-state index in [1.807, 2.05) is 0 Å². The third kappa shape index (κ3) is 3.43. The van der Waals surface area contributed by atoms with Crippen molar-refractivity contribution >= 4 is 33.3 Å². The maximum absolute atomic E-state index is 12.3. The van der Waals surface area contributed by atoms with Gasteiger partial charge in [-0.1, -0.05) is 29.3 Å². The molecule has 0 N–H and O–H groups in total. The van der Waals surface area contributed by atoms with Crippen LogP contribution in [0.15, 0.2) is 41.3 Å². The highest BCUT2D eigenvalue weighted by Crippen LogP contribution is 2.34. The Morgan fingerprint density at radius 3 is 2.43 bits per heavy atom. The number of benzene rings is 2. The number of methoxy groups -OCH3 is 1. The smallest absolute Gasteiger partial charge is 0.339 e. The van der Waals surface area contributed by atoms with Crippen molar-refractivity contribution in [2.45, 2.75) is 11.8 Å². The fraction of sp³-hybridized carbons (Fsp3) is 0.143. The molecule has 0 heterocycles. The number of hydrogen-bond acceptors (Lipinski definition) is 4. The Bertz CT molecular complexity index is 773. The van der Waals surface area contributed by atoms with Gasteiger partial charge in [-0.05, 0) is 42.8 Å². The summed E-state index contributed by atoms with van der Waals surface area (Å²) in [4.78, 5) is 0.0411. The molecule has 0 amide bonds. The molecule has 0 atom stereocenters. The lowest BCUT2D eigenvalue weighted by Gasteiger charge is -2.11. The third-order valence-corrected chi connectivity index (χ3v) is 4.96. The molecule has 0 unspecified atom stereocenters. The van der Waals surface area contributed by atoms with Crippen LogP contribution in [-0.4, -0.2) is 15.5 Å². The lowest BCUT2D eigenvalue weighted by Crippen LogP contribution is -2.11. The summed E-state index contributed by atoms with van der Waals surface area (Å²) in [6, 6.07) is 9.10. The molecule has 0 fully saturated rings. The molecule has 0 saturated carbocycles. The van der Waals surface area contributed by atoms with Crippen LogP contribution < -0.4 is 8.92 Å². The van der Waals surface area contributed by atoms with Crippen molar-refractivity contribution in [3.05, 3.63) is 52.0 Å². The Hall–Kier alpha value is -1.43. The zero-order valence-electron chi connectivity index (χ0n) is 11.3. The Labute approximate surface area is 133 Å². The summed E-state index contributed by atoms with van der Waals surface area (Å²) in [5.41, 5.74) is 0.507. The van der Waals surface area contributed by atoms with Gasteiger partial charge in [-0.15, -0.1) is 0 Å². The van der Waals surface area contributed by atoms with Crippen LogP contribution in [0.5, 0.6) is 11.5 Å². The molecule has 0 saturated heterocycles. The molecule has 0 aliphatic carbocycles.